The average Bonchev–Trinajstić information content (AvgIpc) is 2.61. The van der Waals surface area contributed by atoms with Crippen molar-refractivity contribution in [3.8, 4) is 17.0 Å². The van der Waals surface area contributed by atoms with Crippen LogP contribution in [0, 0.1) is 6.92 Å². The van der Waals surface area contributed by atoms with Crippen LogP contribution in [0.5, 0.6) is 5.75 Å². The van der Waals surface area contributed by atoms with Crippen LogP contribution in [0.2, 0.25) is 5.02 Å². The molecule has 7 nitrogen and oxygen atoms in total. The van der Waals surface area contributed by atoms with Gasteiger partial charge in [0.15, 0.2) is 5.65 Å². The fourth-order valence-electron chi connectivity index (χ4n) is 2.94. The molecule has 0 aliphatic heterocycles. The molecule has 0 spiro atoms. The quantitative estimate of drug-likeness (QED) is 0.613. The molecule has 0 radical (unpaired) electrons. The summed E-state index contributed by atoms with van der Waals surface area (Å²) in [7, 11) is 1.52. The number of methoxy groups -OCH3 is 1. The van der Waals surface area contributed by atoms with E-state index in [1.54, 1.807) is 13.8 Å². The van der Waals surface area contributed by atoms with Gasteiger partial charge in [-0.05, 0) is 32.0 Å². The Balaban J connectivity index is 2.20. The first-order chi connectivity index (χ1) is 13.6. The molecule has 0 N–H and O–H groups in total. The monoisotopic (exact) mass is 428 g/mol. The molecule has 0 aliphatic rings. The van der Waals surface area contributed by atoms with Crippen molar-refractivity contribution in [2.24, 2.45) is 0 Å². The van der Waals surface area contributed by atoms with Crippen molar-refractivity contribution in [1.29, 1.82) is 0 Å². The summed E-state index contributed by atoms with van der Waals surface area (Å²) in [6, 6.07) is 3.17. The van der Waals surface area contributed by atoms with E-state index >= 15 is 0 Å². The lowest BCUT2D eigenvalue weighted by Gasteiger charge is -2.18. The number of alkyl halides is 3. The van der Waals surface area contributed by atoms with E-state index in [9.17, 15) is 18.0 Å². The third kappa shape index (κ3) is 4.33. The third-order valence-electron chi connectivity index (χ3n) is 4.12. The highest BCUT2D eigenvalue weighted by Crippen LogP contribution is 2.34. The number of hydrogen-bond donors (Lipinski definition) is 0. The molecule has 0 saturated carbocycles. The van der Waals surface area contributed by atoms with Crippen molar-refractivity contribution in [3.05, 3.63) is 45.6 Å². The molecule has 3 aromatic rings. The molecule has 2 heterocycles. The highest BCUT2D eigenvalue weighted by atomic mass is 35.5. The van der Waals surface area contributed by atoms with Gasteiger partial charge in [-0.25, -0.2) is 15.0 Å². The van der Waals surface area contributed by atoms with E-state index in [1.165, 1.54) is 24.1 Å². The van der Waals surface area contributed by atoms with Gasteiger partial charge >= 0.3 is 6.36 Å². The number of halogens is 4. The highest BCUT2D eigenvalue weighted by Gasteiger charge is 2.31. The summed E-state index contributed by atoms with van der Waals surface area (Å²) in [5.41, 5.74) is 1.04. The molecule has 1 aromatic carbocycles. The summed E-state index contributed by atoms with van der Waals surface area (Å²) in [5.74, 6) is -0.459. The topological polar surface area (TPSA) is 79.1 Å². The van der Waals surface area contributed by atoms with E-state index < -0.39 is 12.1 Å². The minimum Gasteiger partial charge on any atom is -0.406 e. The van der Waals surface area contributed by atoms with Crippen LogP contribution in [0.25, 0.3) is 22.4 Å². The first kappa shape index (κ1) is 21.0. The zero-order valence-corrected chi connectivity index (χ0v) is 16.4. The number of hydrogen-bond acceptors (Lipinski definition) is 6. The first-order valence-electron chi connectivity index (χ1n) is 8.41. The standard InChI is InChI=1S/C18H16ClF3N4O3/c1-9(7-28-3)26-16-15(25-10(2)17(26)27)14(23-8-24-16)12-5-4-11(6-13(12)19)29-18(20,21)22/h4-6,8-9H,7H2,1-3H3. The van der Waals surface area contributed by atoms with Gasteiger partial charge in [-0.3, -0.25) is 9.36 Å². The molecule has 1 atom stereocenters. The Bertz CT molecular complexity index is 1120. The lowest BCUT2D eigenvalue weighted by Crippen LogP contribution is -2.29. The summed E-state index contributed by atoms with van der Waals surface area (Å²) in [4.78, 5) is 25.3. The number of nitrogens with zero attached hydrogens (tertiary/aromatic N) is 4. The van der Waals surface area contributed by atoms with E-state index in [4.69, 9.17) is 16.3 Å². The molecule has 0 fully saturated rings. The predicted octanol–water partition coefficient (Wildman–Crippen LogP) is 3.92. The first-order valence-corrected chi connectivity index (χ1v) is 8.78. The van der Waals surface area contributed by atoms with E-state index in [0.29, 0.717) is 11.1 Å². The van der Waals surface area contributed by atoms with Gasteiger partial charge in [0.1, 0.15) is 29.0 Å². The molecule has 11 heteroatoms. The number of rotatable bonds is 5. The molecule has 1 unspecified atom stereocenters. The molecule has 3 rings (SSSR count). The van der Waals surface area contributed by atoms with Crippen molar-refractivity contribution in [2.45, 2.75) is 26.3 Å². The normalized spacial score (nSPS) is 12.9. The molecule has 0 bridgehead atoms. The van der Waals surface area contributed by atoms with Crippen LogP contribution in [0.3, 0.4) is 0 Å². The Kier molecular flexibility index (Phi) is 5.76. The van der Waals surface area contributed by atoms with E-state index in [0.717, 1.165) is 12.1 Å². The van der Waals surface area contributed by atoms with Crippen LogP contribution < -0.4 is 10.3 Å². The zero-order valence-electron chi connectivity index (χ0n) is 15.6. The second-order valence-electron chi connectivity index (χ2n) is 6.26. The van der Waals surface area contributed by atoms with Crippen molar-refractivity contribution in [3.63, 3.8) is 0 Å². The SMILES string of the molecule is COCC(C)n1c(=O)c(C)nc2c(-c3ccc(OC(F)(F)F)cc3Cl)ncnc21. The van der Waals surface area contributed by atoms with Crippen molar-refractivity contribution < 1.29 is 22.6 Å². The lowest BCUT2D eigenvalue weighted by molar-refractivity contribution is -0.274. The van der Waals surface area contributed by atoms with Gasteiger partial charge in [0, 0.05) is 12.7 Å². The van der Waals surface area contributed by atoms with Gasteiger partial charge in [0.05, 0.1) is 17.7 Å². The van der Waals surface area contributed by atoms with Gasteiger partial charge in [0.25, 0.3) is 5.56 Å². The summed E-state index contributed by atoms with van der Waals surface area (Å²) < 4.78 is 47.8. The Hall–Kier alpha value is -2.72. The second-order valence-corrected chi connectivity index (χ2v) is 6.67. The highest BCUT2D eigenvalue weighted by molar-refractivity contribution is 6.33. The maximum atomic E-state index is 12.6. The molecule has 2 aromatic heterocycles. The lowest BCUT2D eigenvalue weighted by atomic mass is 10.1. The maximum Gasteiger partial charge on any atom is 0.573 e. The predicted molar refractivity (Wildman–Crippen MR) is 100 cm³/mol. The van der Waals surface area contributed by atoms with Gasteiger partial charge in [-0.15, -0.1) is 13.2 Å². The summed E-state index contributed by atoms with van der Waals surface area (Å²) >= 11 is 6.19. The van der Waals surface area contributed by atoms with Crippen LogP contribution >= 0.6 is 11.6 Å². The van der Waals surface area contributed by atoms with Gasteiger partial charge < -0.3 is 9.47 Å². The fraction of sp³-hybridized carbons (Fsp3) is 0.333. The number of benzene rings is 1. The third-order valence-corrected chi connectivity index (χ3v) is 4.43. The summed E-state index contributed by atoms with van der Waals surface area (Å²) in [6.45, 7) is 3.61. The van der Waals surface area contributed by atoms with Crippen LogP contribution in [0.1, 0.15) is 18.7 Å². The minimum absolute atomic E-state index is 0.0195. The van der Waals surface area contributed by atoms with E-state index in [2.05, 4.69) is 19.7 Å². The molecular formula is C18H16ClF3N4O3. The van der Waals surface area contributed by atoms with Crippen LogP contribution in [0.4, 0.5) is 13.2 Å². The largest absolute Gasteiger partial charge is 0.573 e. The molecule has 29 heavy (non-hydrogen) atoms. The Morgan fingerprint density at radius 3 is 2.62 bits per heavy atom. The van der Waals surface area contributed by atoms with Crippen LogP contribution in [-0.2, 0) is 4.74 Å². The zero-order chi connectivity index (χ0) is 21.3. The number of ether oxygens (including phenoxy) is 2. The summed E-state index contributed by atoms with van der Waals surface area (Å²) in [6.07, 6.45) is -3.60. The summed E-state index contributed by atoms with van der Waals surface area (Å²) in [5, 5.41) is -0.0195. The number of aromatic nitrogens is 4. The van der Waals surface area contributed by atoms with E-state index in [-0.39, 0.29) is 40.3 Å². The van der Waals surface area contributed by atoms with Crippen LogP contribution in [-0.4, -0.2) is 39.6 Å². The second kappa shape index (κ2) is 7.96. The van der Waals surface area contributed by atoms with Crippen molar-refractivity contribution >= 4 is 22.8 Å². The number of fused-ring (bicyclic) bond motifs is 1. The van der Waals surface area contributed by atoms with Gasteiger partial charge in [-0.1, -0.05) is 11.6 Å². The molecule has 0 amide bonds. The molecule has 0 aliphatic carbocycles. The van der Waals surface area contributed by atoms with Crippen molar-refractivity contribution in [1.82, 2.24) is 19.5 Å². The fourth-order valence-corrected chi connectivity index (χ4v) is 3.20. The Labute approximate surface area is 168 Å². The van der Waals surface area contributed by atoms with Gasteiger partial charge in [0.2, 0.25) is 0 Å². The van der Waals surface area contributed by atoms with Crippen molar-refractivity contribution in [2.75, 3.05) is 13.7 Å². The van der Waals surface area contributed by atoms with Crippen LogP contribution in [0.15, 0.2) is 29.3 Å². The molecular weight excluding hydrogens is 413 g/mol. The van der Waals surface area contributed by atoms with E-state index in [1.807, 2.05) is 0 Å². The van der Waals surface area contributed by atoms with Gasteiger partial charge in [-0.2, -0.15) is 0 Å². The maximum absolute atomic E-state index is 12.6. The minimum atomic E-state index is -4.83. The molecule has 154 valence electrons. The average molecular weight is 429 g/mol. The smallest absolute Gasteiger partial charge is 0.406 e. The molecule has 0 saturated heterocycles. The Morgan fingerprint density at radius 1 is 1.28 bits per heavy atom. The number of aryl methyl sites for hydroxylation is 1. The Morgan fingerprint density at radius 2 is 2.00 bits per heavy atom.